The molecule has 0 atom stereocenters. The van der Waals surface area contributed by atoms with E-state index in [4.69, 9.17) is 9.84 Å². The maximum atomic E-state index is 12.3. The summed E-state index contributed by atoms with van der Waals surface area (Å²) in [5, 5.41) is 8.97. The van der Waals surface area contributed by atoms with Crippen molar-refractivity contribution in [1.29, 1.82) is 0 Å². The summed E-state index contributed by atoms with van der Waals surface area (Å²) in [4.78, 5) is 11.0. The molecule has 1 aromatic rings. The highest BCUT2D eigenvalue weighted by Crippen LogP contribution is 2.31. The van der Waals surface area contributed by atoms with Crippen LogP contribution in [-0.4, -0.2) is 25.0 Å². The van der Waals surface area contributed by atoms with Crippen molar-refractivity contribution in [2.75, 3.05) is 0 Å². The van der Waals surface area contributed by atoms with E-state index in [0.29, 0.717) is 6.08 Å². The van der Waals surface area contributed by atoms with Crippen LogP contribution in [0.3, 0.4) is 0 Å². The lowest BCUT2D eigenvalue weighted by Gasteiger charge is -2.12. The molecule has 0 radical (unpaired) electrons. The van der Waals surface area contributed by atoms with Gasteiger partial charge >= 0.3 is 27.5 Å². The van der Waals surface area contributed by atoms with Crippen LogP contribution >= 0.6 is 0 Å². The monoisotopic (exact) mass is 336 g/mol. The van der Waals surface area contributed by atoms with Crippen molar-refractivity contribution >= 4 is 22.2 Å². The van der Waals surface area contributed by atoms with Gasteiger partial charge in [0.1, 0.15) is 5.75 Å². The second-order valence-electron chi connectivity index (χ2n) is 3.99. The fourth-order valence-corrected chi connectivity index (χ4v) is 1.88. The zero-order valence-corrected chi connectivity index (χ0v) is 11.3. The molecule has 0 spiro atoms. The molecule has 0 unspecified atom stereocenters. The van der Waals surface area contributed by atoms with Gasteiger partial charge in [0, 0.05) is 11.6 Å². The van der Waals surface area contributed by atoms with Crippen molar-refractivity contribution in [3.8, 4) is 5.75 Å². The molecule has 0 fully saturated rings. The summed E-state index contributed by atoms with van der Waals surface area (Å²) in [5.74, 6) is -2.66. The number of rotatable bonds is 3. The molecule has 6 nitrogen and oxygen atoms in total. The van der Waals surface area contributed by atoms with Crippen LogP contribution in [0.5, 0.6) is 5.75 Å². The van der Waals surface area contributed by atoms with Crippen LogP contribution in [0, 0.1) is 0 Å². The first kappa shape index (κ1) is 15.9. The summed E-state index contributed by atoms with van der Waals surface area (Å²) >= 11 is 0. The highest BCUT2D eigenvalue weighted by Gasteiger charge is 2.49. The number of ether oxygens (including phenoxy) is 1. The van der Waals surface area contributed by atoms with Gasteiger partial charge in [-0.3, -0.25) is 0 Å². The Balaban J connectivity index is 2.46. The molecule has 0 aliphatic carbocycles. The molecular weight excluding hydrogens is 329 g/mol. The highest BCUT2D eigenvalue weighted by atomic mass is 32.2. The normalized spacial score (nSPS) is 14.9. The summed E-state index contributed by atoms with van der Waals surface area (Å²) in [6.07, 6.45) is 1.65. The van der Waals surface area contributed by atoms with E-state index in [0.717, 1.165) is 6.08 Å². The third-order valence-electron chi connectivity index (χ3n) is 2.44. The molecule has 1 heterocycles. The number of para-hydroxylation sites is 1. The topological polar surface area (TPSA) is 89.9 Å². The van der Waals surface area contributed by atoms with Gasteiger partial charge < -0.3 is 14.0 Å². The number of halogens is 3. The lowest BCUT2D eigenvalue weighted by molar-refractivity contribution is -0.132. The number of alkyl halides is 3. The number of aliphatic carboxylic acids is 1. The molecule has 0 aromatic heterocycles. The average molecular weight is 336 g/mol. The minimum atomic E-state index is -5.98. The molecule has 10 heteroatoms. The fourth-order valence-electron chi connectivity index (χ4n) is 1.49. The molecule has 1 aromatic carbocycles. The van der Waals surface area contributed by atoms with E-state index in [2.05, 4.69) is 4.18 Å². The summed E-state index contributed by atoms with van der Waals surface area (Å²) in [5.41, 5.74) is -5.94. The van der Waals surface area contributed by atoms with E-state index in [1.54, 1.807) is 0 Å². The van der Waals surface area contributed by atoms with Crippen LogP contribution in [-0.2, 0) is 19.1 Å². The van der Waals surface area contributed by atoms with Crippen LogP contribution in [0.2, 0.25) is 0 Å². The van der Waals surface area contributed by atoms with Gasteiger partial charge in [0.15, 0.2) is 0 Å². The zero-order chi connectivity index (χ0) is 16.5. The van der Waals surface area contributed by atoms with Crippen LogP contribution in [0.15, 0.2) is 41.9 Å². The van der Waals surface area contributed by atoms with Gasteiger partial charge in [0.05, 0.1) is 5.57 Å². The Kier molecular flexibility index (Phi) is 3.88. The molecule has 118 valence electrons. The Labute approximate surface area is 122 Å². The first-order valence-electron chi connectivity index (χ1n) is 5.54. The molecule has 1 aliphatic rings. The van der Waals surface area contributed by atoms with E-state index in [9.17, 15) is 26.4 Å². The predicted molar refractivity (Wildman–Crippen MR) is 66.8 cm³/mol. The van der Waals surface area contributed by atoms with E-state index in [1.165, 1.54) is 24.3 Å². The predicted octanol–water partition coefficient (Wildman–Crippen LogP) is 2.25. The van der Waals surface area contributed by atoms with Crippen molar-refractivity contribution < 1.29 is 40.4 Å². The fraction of sp³-hybridized carbons (Fsp3) is 0.0833. The van der Waals surface area contributed by atoms with Gasteiger partial charge in [-0.15, -0.1) is 0 Å². The van der Waals surface area contributed by atoms with Crippen molar-refractivity contribution in [2.45, 2.75) is 5.51 Å². The molecule has 22 heavy (non-hydrogen) atoms. The molecule has 1 aliphatic heterocycles. The Morgan fingerprint density at radius 1 is 1.18 bits per heavy atom. The average Bonchev–Trinajstić information content (AvgIpc) is 2.55. The quantitative estimate of drug-likeness (QED) is 0.673. The number of benzene rings is 1. The van der Waals surface area contributed by atoms with Crippen molar-refractivity contribution in [3.63, 3.8) is 0 Å². The Morgan fingerprint density at radius 3 is 2.41 bits per heavy atom. The lowest BCUT2D eigenvalue weighted by atomic mass is 10.1. The van der Waals surface area contributed by atoms with E-state index < -0.39 is 33.1 Å². The summed E-state index contributed by atoms with van der Waals surface area (Å²) in [6, 6.07) is 5.76. The molecule has 0 amide bonds. The van der Waals surface area contributed by atoms with E-state index in [-0.39, 0.29) is 11.3 Å². The highest BCUT2D eigenvalue weighted by molar-refractivity contribution is 7.87. The first-order chi connectivity index (χ1) is 10.1. The van der Waals surface area contributed by atoms with Crippen LogP contribution in [0.1, 0.15) is 5.56 Å². The third kappa shape index (κ3) is 3.22. The minimum Gasteiger partial charge on any atom is -0.478 e. The van der Waals surface area contributed by atoms with Gasteiger partial charge in [-0.25, -0.2) is 4.79 Å². The molecule has 2 rings (SSSR count). The number of hydrogen-bond donors (Lipinski definition) is 1. The second-order valence-corrected chi connectivity index (χ2v) is 5.53. The van der Waals surface area contributed by atoms with Crippen molar-refractivity contribution in [2.24, 2.45) is 0 Å². The standard InChI is InChI=1S/C12H7F3O6S/c13-12(14,15)22(18,19)21-10-6-8(11(16)17)5-7-3-1-2-4-9(7)20-10/h1-6H,(H,16,17). The SMILES string of the molecule is O=C(O)C1=Cc2ccccc2OC(OS(=O)(=O)C(F)(F)F)=C1. The van der Waals surface area contributed by atoms with Gasteiger partial charge in [-0.2, -0.15) is 21.6 Å². The Morgan fingerprint density at radius 2 is 1.82 bits per heavy atom. The largest absolute Gasteiger partial charge is 0.534 e. The first-order valence-corrected chi connectivity index (χ1v) is 6.95. The number of carboxylic acids is 1. The minimum absolute atomic E-state index is 0.0534. The third-order valence-corrected chi connectivity index (χ3v) is 3.39. The van der Waals surface area contributed by atoms with E-state index >= 15 is 0 Å². The van der Waals surface area contributed by atoms with Crippen LogP contribution in [0.4, 0.5) is 13.2 Å². The molecule has 0 bridgehead atoms. The number of carboxylic acid groups (broad SMARTS) is 1. The second kappa shape index (κ2) is 5.37. The van der Waals surface area contributed by atoms with Gasteiger partial charge in [0.2, 0.25) is 0 Å². The maximum absolute atomic E-state index is 12.3. The maximum Gasteiger partial charge on any atom is 0.534 e. The molecule has 0 saturated carbocycles. The van der Waals surface area contributed by atoms with Crippen molar-refractivity contribution in [1.82, 2.24) is 0 Å². The number of fused-ring (bicyclic) bond motifs is 1. The Bertz CT molecular complexity index is 776. The Hall–Kier alpha value is -2.49. The van der Waals surface area contributed by atoms with Gasteiger partial charge in [-0.1, -0.05) is 18.2 Å². The molecular formula is C12H7F3O6S. The van der Waals surface area contributed by atoms with Crippen LogP contribution < -0.4 is 4.74 Å². The zero-order valence-electron chi connectivity index (χ0n) is 10.5. The lowest BCUT2D eigenvalue weighted by Crippen LogP contribution is -2.26. The summed E-state index contributed by atoms with van der Waals surface area (Å²) in [7, 11) is -5.98. The summed E-state index contributed by atoms with van der Waals surface area (Å²) in [6.45, 7) is 0. The van der Waals surface area contributed by atoms with Crippen LogP contribution in [0.25, 0.3) is 6.08 Å². The summed E-state index contributed by atoms with van der Waals surface area (Å²) < 4.78 is 67.7. The molecule has 1 N–H and O–H groups in total. The number of hydrogen-bond acceptors (Lipinski definition) is 5. The van der Waals surface area contributed by atoms with E-state index in [1.807, 2.05) is 0 Å². The molecule has 0 saturated heterocycles. The van der Waals surface area contributed by atoms with Crippen molar-refractivity contribution in [3.05, 3.63) is 47.4 Å². The van der Waals surface area contributed by atoms with Gasteiger partial charge in [-0.05, 0) is 12.1 Å². The number of carbonyl (C=O) groups is 1. The smallest absolute Gasteiger partial charge is 0.478 e. The van der Waals surface area contributed by atoms with Gasteiger partial charge in [0.25, 0.3) is 0 Å².